The van der Waals surface area contributed by atoms with E-state index in [4.69, 9.17) is 21.1 Å². The summed E-state index contributed by atoms with van der Waals surface area (Å²) in [5, 5.41) is 0.643. The van der Waals surface area contributed by atoms with Crippen molar-refractivity contribution in [3.63, 3.8) is 0 Å². The van der Waals surface area contributed by atoms with E-state index in [2.05, 4.69) is 50.2 Å². The zero-order chi connectivity index (χ0) is 29.3. The second kappa shape index (κ2) is 12.8. The van der Waals surface area contributed by atoms with Gasteiger partial charge in [-0.05, 0) is 107 Å². The highest BCUT2D eigenvalue weighted by molar-refractivity contribution is 14.1. The summed E-state index contributed by atoms with van der Waals surface area (Å²) in [5.41, 5.74) is 2.69. The molecule has 0 spiro atoms. The summed E-state index contributed by atoms with van der Waals surface area (Å²) in [6.07, 6.45) is 1.80. The molecule has 0 fully saturated rings. The molecule has 1 atom stereocenters. The number of esters is 1. The second-order valence-electron chi connectivity index (χ2n) is 9.05. The molecule has 0 bridgehead atoms. The number of nitrogens with zero attached hydrogens (tertiary/aromatic N) is 2. The first-order chi connectivity index (χ1) is 19.7. The average Bonchev–Trinajstić information content (AvgIpc) is 3.23. The Labute approximate surface area is 271 Å². The summed E-state index contributed by atoms with van der Waals surface area (Å²) < 4.78 is 28.9. The van der Waals surface area contributed by atoms with Crippen molar-refractivity contribution in [3.05, 3.63) is 126 Å². The third-order valence-electron chi connectivity index (χ3n) is 6.35. The smallest absolute Gasteiger partial charge is 0.338 e. The molecule has 0 radical (unpaired) electrons. The van der Waals surface area contributed by atoms with Gasteiger partial charge in [0, 0.05) is 10.6 Å². The van der Waals surface area contributed by atoms with Crippen LogP contribution in [-0.4, -0.2) is 17.1 Å². The summed E-state index contributed by atoms with van der Waals surface area (Å²) in [5.74, 6) is -0.243. The summed E-state index contributed by atoms with van der Waals surface area (Å²) >= 11 is 11.9. The van der Waals surface area contributed by atoms with Gasteiger partial charge in [-0.3, -0.25) is 9.36 Å². The van der Waals surface area contributed by atoms with Crippen LogP contribution < -0.4 is 19.6 Å². The number of benzene rings is 3. The first-order valence-electron chi connectivity index (χ1n) is 12.5. The highest BCUT2D eigenvalue weighted by Crippen LogP contribution is 2.32. The number of carbonyl (C=O) groups is 1. The number of aromatic nitrogens is 1. The highest BCUT2D eigenvalue weighted by Gasteiger charge is 2.33. The fraction of sp³-hybridized carbons (Fsp3) is 0.167. The largest absolute Gasteiger partial charge is 0.487 e. The summed E-state index contributed by atoms with van der Waals surface area (Å²) in [4.78, 5) is 31.9. The van der Waals surface area contributed by atoms with Gasteiger partial charge in [-0.2, -0.15) is 0 Å². The van der Waals surface area contributed by atoms with Gasteiger partial charge in [0.05, 0.1) is 35.6 Å². The molecular formula is C30H22ClFI2N2O4S. The van der Waals surface area contributed by atoms with Gasteiger partial charge < -0.3 is 9.47 Å². The minimum atomic E-state index is -0.797. The van der Waals surface area contributed by atoms with Gasteiger partial charge in [-0.15, -0.1) is 0 Å². The van der Waals surface area contributed by atoms with Gasteiger partial charge in [0.25, 0.3) is 5.56 Å². The molecule has 2 heterocycles. The monoisotopic (exact) mass is 814 g/mol. The van der Waals surface area contributed by atoms with Crippen molar-refractivity contribution in [2.75, 3.05) is 6.61 Å². The lowest BCUT2D eigenvalue weighted by molar-refractivity contribution is -0.139. The molecule has 0 N–H and O–H groups in total. The molecule has 6 nitrogen and oxygen atoms in total. The second-order valence-corrected chi connectivity index (χ2v) is 12.8. The van der Waals surface area contributed by atoms with Crippen LogP contribution in [0, 0.1) is 13.0 Å². The van der Waals surface area contributed by atoms with E-state index >= 15 is 0 Å². The maximum Gasteiger partial charge on any atom is 0.338 e. The number of thiazole rings is 1. The molecule has 0 unspecified atom stereocenters. The van der Waals surface area contributed by atoms with Crippen LogP contribution in [0.1, 0.15) is 36.6 Å². The summed E-state index contributed by atoms with van der Waals surface area (Å²) in [6.45, 7) is 3.93. The predicted molar refractivity (Wildman–Crippen MR) is 174 cm³/mol. The molecule has 3 aromatic carbocycles. The number of rotatable bonds is 7. The predicted octanol–water partition coefficient (Wildman–Crippen LogP) is 6.38. The molecule has 210 valence electrons. The Kier molecular flexibility index (Phi) is 9.31. The number of ether oxygens (including phenoxy) is 2. The third kappa shape index (κ3) is 6.30. The number of halogens is 4. The topological polar surface area (TPSA) is 69.9 Å². The Hall–Kier alpha value is -2.55. The van der Waals surface area contributed by atoms with E-state index in [0.717, 1.165) is 24.0 Å². The van der Waals surface area contributed by atoms with Gasteiger partial charge in [0.15, 0.2) is 4.80 Å². The quantitative estimate of drug-likeness (QED) is 0.161. The van der Waals surface area contributed by atoms with Crippen LogP contribution in [0.3, 0.4) is 0 Å². The molecule has 0 saturated carbocycles. The van der Waals surface area contributed by atoms with Crippen molar-refractivity contribution in [3.8, 4) is 5.75 Å². The van der Waals surface area contributed by atoms with Crippen LogP contribution >= 0.6 is 68.1 Å². The molecule has 5 rings (SSSR count). The van der Waals surface area contributed by atoms with Crippen LogP contribution in [0.15, 0.2) is 81.7 Å². The molecule has 0 amide bonds. The van der Waals surface area contributed by atoms with Crippen molar-refractivity contribution in [2.45, 2.75) is 26.5 Å². The maximum absolute atomic E-state index is 13.8. The van der Waals surface area contributed by atoms with E-state index in [9.17, 15) is 14.0 Å². The number of carbonyl (C=O) groups excluding carboxylic acids is 1. The SMILES string of the molecule is CCOC(=O)C1=C(C)N=c2s/c(=C\c3cc(I)c(OCc4ccccc4Cl)c(I)c3)c(=O)n2[C@@H]1c1ccc(F)cc1. The molecule has 11 heteroatoms. The molecule has 41 heavy (non-hydrogen) atoms. The van der Waals surface area contributed by atoms with Gasteiger partial charge >= 0.3 is 5.97 Å². The van der Waals surface area contributed by atoms with Crippen molar-refractivity contribution in [1.82, 2.24) is 4.57 Å². The average molecular weight is 815 g/mol. The Morgan fingerprint density at radius 3 is 2.49 bits per heavy atom. The van der Waals surface area contributed by atoms with E-state index in [1.165, 1.54) is 28.0 Å². The highest BCUT2D eigenvalue weighted by atomic mass is 127. The number of hydrogen-bond donors (Lipinski definition) is 0. The van der Waals surface area contributed by atoms with Gasteiger partial charge in [0.2, 0.25) is 0 Å². The lowest BCUT2D eigenvalue weighted by atomic mass is 9.96. The first-order valence-corrected chi connectivity index (χ1v) is 15.8. The number of fused-ring (bicyclic) bond motifs is 1. The third-order valence-corrected chi connectivity index (χ3v) is 9.31. The van der Waals surface area contributed by atoms with Crippen LogP contribution in [0.5, 0.6) is 5.75 Å². The van der Waals surface area contributed by atoms with Gasteiger partial charge in [0.1, 0.15) is 18.2 Å². The lowest BCUT2D eigenvalue weighted by Crippen LogP contribution is -2.39. The number of hydrogen-bond acceptors (Lipinski definition) is 6. The zero-order valence-corrected chi connectivity index (χ0v) is 27.7. The maximum atomic E-state index is 13.8. The molecule has 4 aromatic rings. The van der Waals surface area contributed by atoms with Crippen LogP contribution in [0.4, 0.5) is 4.39 Å². The van der Waals surface area contributed by atoms with Crippen molar-refractivity contribution in [1.29, 1.82) is 0 Å². The Morgan fingerprint density at radius 2 is 1.83 bits per heavy atom. The summed E-state index contributed by atoms with van der Waals surface area (Å²) in [7, 11) is 0. The van der Waals surface area contributed by atoms with Crippen molar-refractivity contribution < 1.29 is 18.7 Å². The van der Waals surface area contributed by atoms with Crippen molar-refractivity contribution >= 4 is 80.2 Å². The summed E-state index contributed by atoms with van der Waals surface area (Å²) in [6, 6.07) is 16.4. The normalized spacial score (nSPS) is 15.0. The van der Waals surface area contributed by atoms with E-state index in [1.807, 2.05) is 36.4 Å². The van der Waals surface area contributed by atoms with Crippen LogP contribution in [0.25, 0.3) is 6.08 Å². The van der Waals surface area contributed by atoms with Crippen LogP contribution in [-0.2, 0) is 16.1 Å². The fourth-order valence-corrected chi connectivity index (χ4v) is 7.83. The minimum absolute atomic E-state index is 0.172. The van der Waals surface area contributed by atoms with Crippen molar-refractivity contribution in [2.24, 2.45) is 4.99 Å². The van der Waals surface area contributed by atoms with E-state index < -0.39 is 17.8 Å². The molecule has 1 aromatic heterocycles. The minimum Gasteiger partial charge on any atom is -0.487 e. The van der Waals surface area contributed by atoms with Crippen LogP contribution in [0.2, 0.25) is 5.02 Å². The zero-order valence-electron chi connectivity index (χ0n) is 21.8. The van der Waals surface area contributed by atoms with E-state index in [-0.39, 0.29) is 17.7 Å². The molecule has 1 aliphatic heterocycles. The molecule has 0 aliphatic carbocycles. The Balaban J connectivity index is 1.56. The molecule has 0 saturated heterocycles. The lowest BCUT2D eigenvalue weighted by Gasteiger charge is -2.24. The first kappa shape index (κ1) is 29.9. The van der Waals surface area contributed by atoms with Gasteiger partial charge in [-0.25, -0.2) is 14.2 Å². The van der Waals surface area contributed by atoms with E-state index in [0.29, 0.717) is 32.2 Å². The molecular weight excluding hydrogens is 793 g/mol. The van der Waals surface area contributed by atoms with Gasteiger partial charge in [-0.1, -0.05) is 53.3 Å². The van der Waals surface area contributed by atoms with E-state index in [1.54, 1.807) is 32.1 Å². The fourth-order valence-electron chi connectivity index (χ4n) is 4.47. The number of allylic oxidation sites excluding steroid dienone is 1. The molecule has 1 aliphatic rings. The standard InChI is InChI=1S/C30H22ClFI2N2O4S/c1-3-39-29(38)25-16(2)35-30-36(26(25)18-8-10-20(32)11-9-18)28(37)24(41-30)14-17-12-22(33)27(23(34)13-17)40-15-19-6-4-5-7-21(19)31/h4-14,26H,3,15H2,1-2H3/b24-14-/t26-/m1/s1. The Bertz CT molecular complexity index is 1850. The Morgan fingerprint density at radius 1 is 1.15 bits per heavy atom.